The van der Waals surface area contributed by atoms with Crippen LogP contribution >= 0.6 is 0 Å². The van der Waals surface area contributed by atoms with Crippen LogP contribution in [-0.2, 0) is 4.74 Å². The normalized spacial score (nSPS) is 29.5. The van der Waals surface area contributed by atoms with Crippen molar-refractivity contribution in [2.45, 2.75) is 26.4 Å². The molecule has 1 aromatic heterocycles. The molecule has 2 heteroatoms. The van der Waals surface area contributed by atoms with Crippen LogP contribution in [0.3, 0.4) is 0 Å². The van der Waals surface area contributed by atoms with Gasteiger partial charge in [-0.25, -0.2) is 0 Å². The molecule has 1 aliphatic rings. The molecular weight excluding hydrogens is 152 g/mol. The molecular formula is C10H14O2. The molecule has 2 rings (SSSR count). The Balaban J connectivity index is 2.24. The minimum absolute atomic E-state index is 0.194. The molecule has 0 N–H and O–H groups in total. The van der Waals surface area contributed by atoms with Crippen LogP contribution < -0.4 is 0 Å². The summed E-state index contributed by atoms with van der Waals surface area (Å²) >= 11 is 0. The largest absolute Gasteiger partial charge is 0.466 e. The van der Waals surface area contributed by atoms with Crippen LogP contribution in [0.5, 0.6) is 0 Å². The number of hydrogen-bond acceptors (Lipinski definition) is 2. The lowest BCUT2D eigenvalue weighted by atomic mass is 10.0. The Morgan fingerprint density at radius 3 is 2.83 bits per heavy atom. The van der Waals surface area contributed by atoms with Gasteiger partial charge in [0, 0.05) is 6.61 Å². The van der Waals surface area contributed by atoms with E-state index in [9.17, 15) is 0 Å². The second-order valence-corrected chi connectivity index (χ2v) is 3.53. The Morgan fingerprint density at radius 2 is 2.33 bits per heavy atom. The van der Waals surface area contributed by atoms with Crippen molar-refractivity contribution in [3.8, 4) is 0 Å². The topological polar surface area (TPSA) is 22.4 Å². The van der Waals surface area contributed by atoms with E-state index in [1.54, 1.807) is 6.26 Å². The van der Waals surface area contributed by atoms with Crippen molar-refractivity contribution in [3.63, 3.8) is 0 Å². The number of hydrogen-bond donors (Lipinski definition) is 0. The lowest BCUT2D eigenvalue weighted by Crippen LogP contribution is -2.03. The van der Waals surface area contributed by atoms with Gasteiger partial charge in [-0.2, -0.15) is 0 Å². The first-order chi connectivity index (χ1) is 5.79. The molecule has 1 fully saturated rings. The second kappa shape index (κ2) is 2.94. The van der Waals surface area contributed by atoms with E-state index in [1.807, 2.05) is 6.07 Å². The summed E-state index contributed by atoms with van der Waals surface area (Å²) in [7, 11) is 0. The Hall–Kier alpha value is -0.760. The van der Waals surface area contributed by atoms with Crippen LogP contribution in [0.2, 0.25) is 0 Å². The smallest absolute Gasteiger partial charge is 0.135 e. The van der Waals surface area contributed by atoms with E-state index in [4.69, 9.17) is 9.15 Å². The van der Waals surface area contributed by atoms with E-state index in [2.05, 4.69) is 13.8 Å². The van der Waals surface area contributed by atoms with Gasteiger partial charge in [0.15, 0.2) is 0 Å². The predicted octanol–water partition coefficient (Wildman–Crippen LogP) is 2.69. The van der Waals surface area contributed by atoms with Crippen molar-refractivity contribution in [1.29, 1.82) is 0 Å². The predicted molar refractivity (Wildman–Crippen MR) is 45.9 cm³/mol. The lowest BCUT2D eigenvalue weighted by Gasteiger charge is -2.12. The van der Waals surface area contributed by atoms with Crippen LogP contribution in [0.15, 0.2) is 16.7 Å². The molecule has 12 heavy (non-hydrogen) atoms. The van der Waals surface area contributed by atoms with Crippen LogP contribution in [-0.4, -0.2) is 6.61 Å². The number of furan rings is 1. The van der Waals surface area contributed by atoms with E-state index in [-0.39, 0.29) is 6.10 Å². The van der Waals surface area contributed by atoms with Gasteiger partial charge < -0.3 is 9.15 Å². The second-order valence-electron chi connectivity index (χ2n) is 3.53. The third-order valence-electron chi connectivity index (χ3n) is 2.55. The average molecular weight is 166 g/mol. The number of rotatable bonds is 1. The molecule has 1 aromatic rings. The van der Waals surface area contributed by atoms with Gasteiger partial charge in [0.1, 0.15) is 11.9 Å². The Bertz CT molecular complexity index is 265. The standard InChI is InChI=1S/C10H14O2/c1-7-3-5-11-9(7)10-8(2)4-6-12-10/h3,5,8,10H,4,6H2,1-2H3. The fraction of sp³-hybridized carbons (Fsp3) is 0.600. The monoisotopic (exact) mass is 166 g/mol. The molecule has 0 aromatic carbocycles. The summed E-state index contributed by atoms with van der Waals surface area (Å²) in [5.41, 5.74) is 1.20. The molecule has 0 saturated carbocycles. The van der Waals surface area contributed by atoms with Gasteiger partial charge in [-0.1, -0.05) is 6.92 Å². The van der Waals surface area contributed by atoms with Crippen LogP contribution in [0.1, 0.15) is 30.8 Å². The number of aryl methyl sites for hydroxylation is 1. The van der Waals surface area contributed by atoms with Gasteiger partial charge in [-0.15, -0.1) is 0 Å². The Labute approximate surface area is 72.5 Å². The fourth-order valence-electron chi connectivity index (χ4n) is 1.71. The van der Waals surface area contributed by atoms with Crippen molar-refractivity contribution in [3.05, 3.63) is 23.7 Å². The van der Waals surface area contributed by atoms with Gasteiger partial charge in [-0.3, -0.25) is 0 Å². The van der Waals surface area contributed by atoms with E-state index < -0.39 is 0 Å². The van der Waals surface area contributed by atoms with E-state index >= 15 is 0 Å². The highest BCUT2D eigenvalue weighted by atomic mass is 16.5. The highest BCUT2D eigenvalue weighted by Gasteiger charge is 2.29. The van der Waals surface area contributed by atoms with Crippen LogP contribution in [0, 0.1) is 12.8 Å². The summed E-state index contributed by atoms with van der Waals surface area (Å²) in [6, 6.07) is 1.99. The van der Waals surface area contributed by atoms with Crippen molar-refractivity contribution in [2.75, 3.05) is 6.61 Å². The molecule has 0 radical (unpaired) electrons. The molecule has 2 nitrogen and oxygen atoms in total. The molecule has 0 spiro atoms. The van der Waals surface area contributed by atoms with Crippen molar-refractivity contribution in [2.24, 2.45) is 5.92 Å². The van der Waals surface area contributed by atoms with E-state index in [1.165, 1.54) is 5.56 Å². The van der Waals surface area contributed by atoms with Gasteiger partial charge in [-0.05, 0) is 30.9 Å². The Kier molecular flexibility index (Phi) is 1.93. The summed E-state index contributed by atoms with van der Waals surface area (Å²) in [6.07, 6.45) is 3.07. The minimum Gasteiger partial charge on any atom is -0.466 e. The SMILES string of the molecule is Cc1ccoc1C1OCCC1C. The molecule has 0 bridgehead atoms. The molecule has 2 unspecified atom stereocenters. The van der Waals surface area contributed by atoms with Crippen molar-refractivity contribution < 1.29 is 9.15 Å². The van der Waals surface area contributed by atoms with Crippen LogP contribution in [0.25, 0.3) is 0 Å². The zero-order valence-electron chi connectivity index (χ0n) is 7.54. The maximum Gasteiger partial charge on any atom is 0.135 e. The molecule has 66 valence electrons. The third kappa shape index (κ3) is 1.16. The van der Waals surface area contributed by atoms with E-state index in [0.29, 0.717) is 5.92 Å². The minimum atomic E-state index is 0.194. The quantitative estimate of drug-likeness (QED) is 0.640. The first-order valence-corrected chi connectivity index (χ1v) is 4.44. The zero-order chi connectivity index (χ0) is 8.55. The Morgan fingerprint density at radius 1 is 1.50 bits per heavy atom. The first kappa shape index (κ1) is 7.87. The lowest BCUT2D eigenvalue weighted by molar-refractivity contribution is 0.0753. The van der Waals surface area contributed by atoms with Crippen LogP contribution in [0.4, 0.5) is 0 Å². The third-order valence-corrected chi connectivity index (χ3v) is 2.55. The van der Waals surface area contributed by atoms with Crippen molar-refractivity contribution in [1.82, 2.24) is 0 Å². The highest BCUT2D eigenvalue weighted by molar-refractivity contribution is 5.18. The maximum absolute atomic E-state index is 5.60. The fourth-order valence-corrected chi connectivity index (χ4v) is 1.71. The number of ether oxygens (including phenoxy) is 1. The first-order valence-electron chi connectivity index (χ1n) is 4.44. The molecule has 0 aliphatic carbocycles. The molecule has 2 heterocycles. The van der Waals surface area contributed by atoms with Gasteiger partial charge in [0.25, 0.3) is 0 Å². The molecule has 1 aliphatic heterocycles. The zero-order valence-corrected chi connectivity index (χ0v) is 7.54. The molecule has 2 atom stereocenters. The summed E-state index contributed by atoms with van der Waals surface area (Å²) in [5.74, 6) is 1.61. The van der Waals surface area contributed by atoms with Gasteiger partial charge in [0.05, 0.1) is 6.26 Å². The summed E-state index contributed by atoms with van der Waals surface area (Å²) in [5, 5.41) is 0. The summed E-state index contributed by atoms with van der Waals surface area (Å²) in [6.45, 7) is 5.14. The van der Waals surface area contributed by atoms with Crippen molar-refractivity contribution >= 4 is 0 Å². The van der Waals surface area contributed by atoms with Gasteiger partial charge in [0.2, 0.25) is 0 Å². The maximum atomic E-state index is 5.60. The summed E-state index contributed by atoms with van der Waals surface area (Å²) in [4.78, 5) is 0. The van der Waals surface area contributed by atoms with E-state index in [0.717, 1.165) is 18.8 Å². The molecule has 0 amide bonds. The van der Waals surface area contributed by atoms with Gasteiger partial charge >= 0.3 is 0 Å². The summed E-state index contributed by atoms with van der Waals surface area (Å²) < 4.78 is 11.0. The highest BCUT2D eigenvalue weighted by Crippen LogP contribution is 2.35. The average Bonchev–Trinajstić information content (AvgIpc) is 2.59. The molecule has 1 saturated heterocycles.